The van der Waals surface area contributed by atoms with Gasteiger partial charge in [-0.15, -0.1) is 0 Å². The average Bonchev–Trinajstić information content (AvgIpc) is 2.40. The second-order valence-electron chi connectivity index (χ2n) is 4.76. The molecule has 0 aliphatic heterocycles. The number of hydrogen-bond acceptors (Lipinski definition) is 5. The smallest absolute Gasteiger partial charge is 0.160 e. The molecule has 5 heteroatoms. The highest BCUT2D eigenvalue weighted by molar-refractivity contribution is 5.41. The molecule has 0 saturated heterocycles. The third kappa shape index (κ3) is 3.30. The summed E-state index contributed by atoms with van der Waals surface area (Å²) in [5, 5.41) is 3.42. The second kappa shape index (κ2) is 5.82. The van der Waals surface area contributed by atoms with E-state index in [1.807, 2.05) is 0 Å². The predicted octanol–water partition coefficient (Wildman–Crippen LogP) is 2.14. The number of nitrogen functional groups attached to an aromatic ring is 1. The predicted molar refractivity (Wildman–Crippen MR) is 69.5 cm³/mol. The summed E-state index contributed by atoms with van der Waals surface area (Å²) >= 11 is 0. The standard InChI is InChI=1S/C12H21N5/c1-9(10-5-3-2-4-6-10)15-11-7-14-8-12(16-11)17-13/h7-10H,2-6,13H2,1H3,(H2,15,16,17). The van der Waals surface area contributed by atoms with Crippen molar-refractivity contribution in [1.29, 1.82) is 0 Å². The van der Waals surface area contributed by atoms with Gasteiger partial charge in [-0.25, -0.2) is 10.8 Å². The van der Waals surface area contributed by atoms with Gasteiger partial charge < -0.3 is 10.7 Å². The van der Waals surface area contributed by atoms with Gasteiger partial charge in [-0.1, -0.05) is 19.3 Å². The Labute approximate surface area is 102 Å². The summed E-state index contributed by atoms with van der Waals surface area (Å²) in [6, 6.07) is 0.442. The molecule has 0 amide bonds. The molecule has 4 N–H and O–H groups in total. The Morgan fingerprint density at radius 3 is 2.65 bits per heavy atom. The molecule has 17 heavy (non-hydrogen) atoms. The van der Waals surface area contributed by atoms with Gasteiger partial charge in [0.2, 0.25) is 0 Å². The number of nitrogens with zero attached hydrogens (tertiary/aromatic N) is 2. The Kier molecular flexibility index (Phi) is 4.14. The SMILES string of the molecule is CC(Nc1cncc(NN)n1)C1CCCCC1. The molecule has 0 radical (unpaired) electrons. The fourth-order valence-corrected chi connectivity index (χ4v) is 2.49. The van der Waals surface area contributed by atoms with Crippen LogP contribution in [0.3, 0.4) is 0 Å². The van der Waals surface area contributed by atoms with Gasteiger partial charge in [0, 0.05) is 6.04 Å². The van der Waals surface area contributed by atoms with Crippen LogP contribution in [0.25, 0.3) is 0 Å². The molecule has 0 spiro atoms. The van der Waals surface area contributed by atoms with Crippen LogP contribution in [0.2, 0.25) is 0 Å². The van der Waals surface area contributed by atoms with Crippen molar-refractivity contribution in [1.82, 2.24) is 9.97 Å². The minimum Gasteiger partial charge on any atom is -0.366 e. The number of nitrogens with one attached hydrogen (secondary N) is 2. The lowest BCUT2D eigenvalue weighted by molar-refractivity contribution is 0.328. The minimum atomic E-state index is 0.442. The van der Waals surface area contributed by atoms with Gasteiger partial charge in [0.05, 0.1) is 12.4 Å². The second-order valence-corrected chi connectivity index (χ2v) is 4.76. The molecule has 94 valence electrons. The van der Waals surface area contributed by atoms with Gasteiger partial charge in [-0.3, -0.25) is 4.98 Å². The Morgan fingerprint density at radius 1 is 1.24 bits per heavy atom. The number of anilines is 2. The summed E-state index contributed by atoms with van der Waals surface area (Å²) in [5.74, 6) is 7.44. The molecule has 1 aliphatic rings. The van der Waals surface area contributed by atoms with Crippen molar-refractivity contribution < 1.29 is 0 Å². The van der Waals surface area contributed by atoms with E-state index in [9.17, 15) is 0 Å². The highest BCUT2D eigenvalue weighted by atomic mass is 15.3. The molecule has 1 aliphatic carbocycles. The summed E-state index contributed by atoms with van der Waals surface area (Å²) < 4.78 is 0. The quantitative estimate of drug-likeness (QED) is 0.550. The summed E-state index contributed by atoms with van der Waals surface area (Å²) in [7, 11) is 0. The fraction of sp³-hybridized carbons (Fsp3) is 0.667. The van der Waals surface area contributed by atoms with Crippen LogP contribution in [0.5, 0.6) is 0 Å². The number of hydrazine groups is 1. The third-order valence-corrected chi connectivity index (χ3v) is 3.51. The Hall–Kier alpha value is -1.36. The monoisotopic (exact) mass is 235 g/mol. The van der Waals surface area contributed by atoms with Gasteiger partial charge in [-0.2, -0.15) is 0 Å². The average molecular weight is 235 g/mol. The number of hydrogen-bond donors (Lipinski definition) is 3. The summed E-state index contributed by atoms with van der Waals surface area (Å²) in [6.45, 7) is 2.22. The lowest BCUT2D eigenvalue weighted by Gasteiger charge is -2.28. The molecule has 1 atom stereocenters. The van der Waals surface area contributed by atoms with Gasteiger partial charge in [-0.05, 0) is 25.7 Å². The van der Waals surface area contributed by atoms with Crippen molar-refractivity contribution in [3.05, 3.63) is 12.4 Å². The van der Waals surface area contributed by atoms with E-state index in [0.717, 1.165) is 11.7 Å². The molecule has 1 saturated carbocycles. The lowest BCUT2D eigenvalue weighted by atomic mass is 9.84. The van der Waals surface area contributed by atoms with Crippen molar-refractivity contribution in [3.8, 4) is 0 Å². The van der Waals surface area contributed by atoms with E-state index >= 15 is 0 Å². The maximum Gasteiger partial charge on any atom is 0.160 e. The first-order chi connectivity index (χ1) is 8.29. The zero-order chi connectivity index (χ0) is 12.1. The topological polar surface area (TPSA) is 75.9 Å². The van der Waals surface area contributed by atoms with E-state index in [2.05, 4.69) is 27.6 Å². The molecule has 2 rings (SSSR count). The van der Waals surface area contributed by atoms with E-state index in [0.29, 0.717) is 11.9 Å². The van der Waals surface area contributed by atoms with E-state index < -0.39 is 0 Å². The van der Waals surface area contributed by atoms with Crippen LogP contribution in [-0.2, 0) is 0 Å². The van der Waals surface area contributed by atoms with Crippen LogP contribution in [0.4, 0.5) is 11.6 Å². The number of nitrogens with two attached hydrogens (primary N) is 1. The van der Waals surface area contributed by atoms with E-state index in [-0.39, 0.29) is 0 Å². The normalized spacial score (nSPS) is 18.7. The fourth-order valence-electron chi connectivity index (χ4n) is 2.49. The molecule has 0 bridgehead atoms. The molecule has 1 unspecified atom stereocenters. The van der Waals surface area contributed by atoms with Crippen LogP contribution in [0.1, 0.15) is 39.0 Å². The minimum absolute atomic E-state index is 0.442. The molecule has 5 nitrogen and oxygen atoms in total. The van der Waals surface area contributed by atoms with Crippen LogP contribution in [0, 0.1) is 5.92 Å². The highest BCUT2D eigenvalue weighted by Crippen LogP contribution is 2.27. The van der Waals surface area contributed by atoms with Crippen LogP contribution >= 0.6 is 0 Å². The van der Waals surface area contributed by atoms with Crippen LogP contribution < -0.4 is 16.6 Å². The Balaban J connectivity index is 1.94. The van der Waals surface area contributed by atoms with Gasteiger partial charge >= 0.3 is 0 Å². The molecule has 1 heterocycles. The Bertz CT molecular complexity index is 349. The van der Waals surface area contributed by atoms with Gasteiger partial charge in [0.25, 0.3) is 0 Å². The van der Waals surface area contributed by atoms with E-state index in [1.54, 1.807) is 12.4 Å². The molecule has 1 fully saturated rings. The molecule has 1 aromatic heterocycles. The van der Waals surface area contributed by atoms with Crippen molar-refractivity contribution in [2.24, 2.45) is 11.8 Å². The first-order valence-corrected chi connectivity index (χ1v) is 6.35. The Morgan fingerprint density at radius 2 is 1.94 bits per heavy atom. The first kappa shape index (κ1) is 12.1. The van der Waals surface area contributed by atoms with Crippen LogP contribution in [-0.4, -0.2) is 16.0 Å². The van der Waals surface area contributed by atoms with Crippen molar-refractivity contribution in [2.75, 3.05) is 10.7 Å². The number of rotatable bonds is 4. The van der Waals surface area contributed by atoms with Crippen molar-refractivity contribution in [3.63, 3.8) is 0 Å². The van der Waals surface area contributed by atoms with Gasteiger partial charge in [0.1, 0.15) is 5.82 Å². The summed E-state index contributed by atoms with van der Waals surface area (Å²) in [5.41, 5.74) is 2.51. The number of aromatic nitrogens is 2. The zero-order valence-corrected chi connectivity index (χ0v) is 10.3. The van der Waals surface area contributed by atoms with Crippen molar-refractivity contribution in [2.45, 2.75) is 45.1 Å². The third-order valence-electron chi connectivity index (χ3n) is 3.51. The lowest BCUT2D eigenvalue weighted by Crippen LogP contribution is -2.28. The largest absolute Gasteiger partial charge is 0.366 e. The molecular weight excluding hydrogens is 214 g/mol. The van der Waals surface area contributed by atoms with Crippen LogP contribution in [0.15, 0.2) is 12.4 Å². The first-order valence-electron chi connectivity index (χ1n) is 6.35. The maximum absolute atomic E-state index is 5.31. The summed E-state index contributed by atoms with van der Waals surface area (Å²) in [4.78, 5) is 8.40. The molecule has 1 aromatic rings. The van der Waals surface area contributed by atoms with E-state index in [4.69, 9.17) is 5.84 Å². The zero-order valence-electron chi connectivity index (χ0n) is 10.3. The molecular formula is C12H21N5. The van der Waals surface area contributed by atoms with Gasteiger partial charge in [0.15, 0.2) is 5.82 Å². The van der Waals surface area contributed by atoms with Crippen molar-refractivity contribution >= 4 is 11.6 Å². The molecule has 0 aromatic carbocycles. The maximum atomic E-state index is 5.31. The summed E-state index contributed by atoms with van der Waals surface area (Å²) in [6.07, 6.45) is 10.1. The van der Waals surface area contributed by atoms with E-state index in [1.165, 1.54) is 32.1 Å². The highest BCUT2D eigenvalue weighted by Gasteiger charge is 2.20.